The Bertz CT molecular complexity index is 1620. The van der Waals surface area contributed by atoms with Crippen LogP contribution in [0.4, 0.5) is 8.78 Å². The number of rotatable bonds is 15. The van der Waals surface area contributed by atoms with Crippen molar-refractivity contribution in [2.45, 2.75) is 32.1 Å². The predicted octanol–water partition coefficient (Wildman–Crippen LogP) is 6.12. The second-order valence-corrected chi connectivity index (χ2v) is 10.9. The standard InChI is InChI=1S/C35H36F2N2O6/c1-42-34-22-30-32(23-35(34)44-15-3-2-12-39-13-16-43-17-14-39)38-11-10-33(30)45-29-9-6-25(31(37)21-29)19-28(41)20-27(40)18-24-4-7-26(36)8-5-24/h4-11,21-23H,2-3,12-20H2,1H3. The number of pyridine rings is 1. The van der Waals surface area contributed by atoms with Crippen molar-refractivity contribution in [3.05, 3.63) is 89.6 Å². The summed E-state index contributed by atoms with van der Waals surface area (Å²) in [6.45, 7) is 5.06. The largest absolute Gasteiger partial charge is 0.493 e. The van der Waals surface area contributed by atoms with Crippen LogP contribution in [0.2, 0.25) is 0 Å². The lowest BCUT2D eigenvalue weighted by atomic mass is 10.0. The van der Waals surface area contributed by atoms with Gasteiger partial charge in [-0.3, -0.25) is 19.5 Å². The number of aromatic nitrogens is 1. The fourth-order valence-corrected chi connectivity index (χ4v) is 5.18. The highest BCUT2D eigenvalue weighted by molar-refractivity contribution is 6.00. The van der Waals surface area contributed by atoms with Gasteiger partial charge in [0.15, 0.2) is 11.5 Å². The molecule has 10 heteroatoms. The van der Waals surface area contributed by atoms with E-state index in [0.717, 1.165) is 45.7 Å². The van der Waals surface area contributed by atoms with E-state index in [9.17, 15) is 18.4 Å². The summed E-state index contributed by atoms with van der Waals surface area (Å²) in [5.74, 6) is 0.0590. The van der Waals surface area contributed by atoms with E-state index < -0.39 is 17.4 Å². The van der Waals surface area contributed by atoms with E-state index in [4.69, 9.17) is 18.9 Å². The van der Waals surface area contributed by atoms with Crippen molar-refractivity contribution in [3.63, 3.8) is 0 Å². The summed E-state index contributed by atoms with van der Waals surface area (Å²) in [7, 11) is 1.56. The van der Waals surface area contributed by atoms with Crippen LogP contribution in [0.5, 0.6) is 23.0 Å². The monoisotopic (exact) mass is 618 g/mol. The van der Waals surface area contributed by atoms with Gasteiger partial charge < -0.3 is 18.9 Å². The number of nitrogens with zero attached hydrogens (tertiary/aromatic N) is 2. The maximum atomic E-state index is 15.0. The minimum atomic E-state index is -0.618. The SMILES string of the molecule is COc1cc2c(Oc3ccc(CC(=O)CC(=O)Cc4ccc(F)cc4)c(F)c3)ccnc2cc1OCCCCN1CCOCC1. The Morgan fingerprint density at radius 3 is 2.42 bits per heavy atom. The van der Waals surface area contributed by atoms with Crippen molar-refractivity contribution in [3.8, 4) is 23.0 Å². The van der Waals surface area contributed by atoms with Gasteiger partial charge in [0.05, 0.1) is 38.9 Å². The van der Waals surface area contributed by atoms with Crippen molar-refractivity contribution >= 4 is 22.5 Å². The zero-order valence-corrected chi connectivity index (χ0v) is 25.2. The second-order valence-electron chi connectivity index (χ2n) is 10.9. The molecule has 236 valence electrons. The van der Waals surface area contributed by atoms with Gasteiger partial charge >= 0.3 is 0 Å². The average molecular weight is 619 g/mol. The zero-order chi connectivity index (χ0) is 31.6. The molecule has 1 saturated heterocycles. The molecule has 0 spiro atoms. The van der Waals surface area contributed by atoms with Gasteiger partial charge in [0.25, 0.3) is 0 Å². The molecule has 1 aromatic heterocycles. The van der Waals surface area contributed by atoms with Crippen LogP contribution < -0.4 is 14.2 Å². The van der Waals surface area contributed by atoms with Gasteiger partial charge in [-0.25, -0.2) is 8.78 Å². The highest BCUT2D eigenvalue weighted by Gasteiger charge is 2.16. The van der Waals surface area contributed by atoms with Crippen molar-refractivity contribution in [1.82, 2.24) is 9.88 Å². The van der Waals surface area contributed by atoms with Crippen LogP contribution in [0.1, 0.15) is 30.4 Å². The molecule has 2 heterocycles. The molecule has 1 aliphatic rings. The zero-order valence-electron chi connectivity index (χ0n) is 25.2. The van der Waals surface area contributed by atoms with Crippen molar-refractivity contribution in [2.24, 2.45) is 0 Å². The number of morpholine rings is 1. The minimum absolute atomic E-state index is 0.00886. The molecule has 0 amide bonds. The number of ether oxygens (including phenoxy) is 4. The molecule has 1 aliphatic heterocycles. The molecule has 0 saturated carbocycles. The molecule has 1 fully saturated rings. The first kappa shape index (κ1) is 32.0. The maximum absolute atomic E-state index is 15.0. The molecule has 8 nitrogen and oxygen atoms in total. The fraction of sp³-hybridized carbons (Fsp3) is 0.343. The molecular formula is C35H36F2N2O6. The summed E-state index contributed by atoms with van der Waals surface area (Å²) in [6, 6.07) is 15.0. The Morgan fingerprint density at radius 1 is 0.889 bits per heavy atom. The number of fused-ring (bicyclic) bond motifs is 1. The first-order chi connectivity index (χ1) is 21.9. The predicted molar refractivity (Wildman–Crippen MR) is 165 cm³/mol. The number of ketones is 2. The Morgan fingerprint density at radius 2 is 1.67 bits per heavy atom. The van der Waals surface area contributed by atoms with Gasteiger partial charge in [0.1, 0.15) is 34.7 Å². The number of carbonyl (C=O) groups is 2. The number of hydrogen-bond acceptors (Lipinski definition) is 8. The minimum Gasteiger partial charge on any atom is -0.493 e. The van der Waals surface area contributed by atoms with Gasteiger partial charge in [-0.15, -0.1) is 0 Å². The maximum Gasteiger partial charge on any atom is 0.163 e. The molecule has 45 heavy (non-hydrogen) atoms. The summed E-state index contributed by atoms with van der Waals surface area (Å²) in [5.41, 5.74) is 1.40. The lowest BCUT2D eigenvalue weighted by molar-refractivity contribution is -0.126. The number of halogens is 2. The molecule has 3 aromatic carbocycles. The van der Waals surface area contributed by atoms with Crippen molar-refractivity contribution in [1.29, 1.82) is 0 Å². The molecule has 5 rings (SSSR count). The lowest BCUT2D eigenvalue weighted by Crippen LogP contribution is -2.36. The van der Waals surface area contributed by atoms with Crippen LogP contribution in [0.3, 0.4) is 0 Å². The molecule has 0 aliphatic carbocycles. The number of methoxy groups -OCH3 is 1. The summed E-state index contributed by atoms with van der Waals surface area (Å²) < 4.78 is 51.1. The first-order valence-corrected chi connectivity index (χ1v) is 15.0. The summed E-state index contributed by atoms with van der Waals surface area (Å²) in [4.78, 5) is 31.6. The number of hydrogen-bond donors (Lipinski definition) is 0. The normalized spacial score (nSPS) is 13.5. The number of Topliss-reactive ketones (excluding diaryl/α,β-unsaturated/α-hetero) is 2. The molecule has 0 N–H and O–H groups in total. The van der Waals surface area contributed by atoms with Crippen LogP contribution in [0, 0.1) is 11.6 Å². The highest BCUT2D eigenvalue weighted by Crippen LogP contribution is 2.37. The van der Waals surface area contributed by atoms with E-state index in [-0.39, 0.29) is 36.4 Å². The molecule has 0 bridgehead atoms. The topological polar surface area (TPSA) is 87.2 Å². The molecule has 0 atom stereocenters. The van der Waals surface area contributed by atoms with E-state index in [1.165, 1.54) is 36.4 Å². The number of benzene rings is 3. The summed E-state index contributed by atoms with van der Waals surface area (Å²) in [6.07, 6.45) is 2.96. The van der Waals surface area contributed by atoms with E-state index in [1.54, 1.807) is 37.6 Å². The van der Waals surface area contributed by atoms with E-state index in [2.05, 4.69) is 9.88 Å². The van der Waals surface area contributed by atoms with E-state index >= 15 is 0 Å². The Hall–Kier alpha value is -4.41. The summed E-state index contributed by atoms with van der Waals surface area (Å²) in [5, 5.41) is 0.661. The van der Waals surface area contributed by atoms with E-state index in [0.29, 0.717) is 40.3 Å². The lowest BCUT2D eigenvalue weighted by Gasteiger charge is -2.26. The molecule has 4 aromatic rings. The third-order valence-corrected chi connectivity index (χ3v) is 7.57. The third-order valence-electron chi connectivity index (χ3n) is 7.57. The van der Waals surface area contributed by atoms with E-state index in [1.807, 2.05) is 0 Å². The number of carbonyl (C=O) groups excluding carboxylic acids is 2. The molecular weight excluding hydrogens is 582 g/mol. The van der Waals surface area contributed by atoms with Gasteiger partial charge in [-0.2, -0.15) is 0 Å². The van der Waals surface area contributed by atoms with Crippen molar-refractivity contribution in [2.75, 3.05) is 46.6 Å². The molecule has 0 radical (unpaired) electrons. The van der Waals surface area contributed by atoms with Gasteiger partial charge in [0.2, 0.25) is 0 Å². The van der Waals surface area contributed by atoms with Gasteiger partial charge in [0, 0.05) is 49.6 Å². The third kappa shape index (κ3) is 9.06. The van der Waals surface area contributed by atoms with Gasteiger partial charge in [-0.05, 0) is 60.8 Å². The van der Waals surface area contributed by atoms with Crippen molar-refractivity contribution < 1.29 is 37.3 Å². The van der Waals surface area contributed by atoms with Gasteiger partial charge in [-0.1, -0.05) is 18.2 Å². The first-order valence-electron chi connectivity index (χ1n) is 15.0. The quantitative estimate of drug-likeness (QED) is 0.116. The smallest absolute Gasteiger partial charge is 0.163 e. The Balaban J connectivity index is 1.18. The fourth-order valence-electron chi connectivity index (χ4n) is 5.18. The summed E-state index contributed by atoms with van der Waals surface area (Å²) >= 11 is 0. The van der Waals surface area contributed by atoms with Crippen LogP contribution in [0.25, 0.3) is 10.9 Å². The molecule has 0 unspecified atom stereocenters. The highest BCUT2D eigenvalue weighted by atomic mass is 19.1. The average Bonchev–Trinajstić information content (AvgIpc) is 3.03. The van der Waals surface area contributed by atoms with Crippen LogP contribution in [0.15, 0.2) is 66.9 Å². The van der Waals surface area contributed by atoms with Crippen LogP contribution in [-0.2, 0) is 27.2 Å². The number of unbranched alkanes of at least 4 members (excludes halogenated alkanes) is 1. The Kier molecular flexibility index (Phi) is 11.1. The van der Waals surface area contributed by atoms with Crippen LogP contribution >= 0.6 is 0 Å². The second kappa shape index (κ2) is 15.5. The van der Waals surface area contributed by atoms with Crippen LogP contribution in [-0.4, -0.2) is 68.0 Å². The Labute approximate surface area is 260 Å².